The highest BCUT2D eigenvalue weighted by atomic mass is 19.1. The van der Waals surface area contributed by atoms with Gasteiger partial charge in [0.2, 0.25) is 0 Å². The summed E-state index contributed by atoms with van der Waals surface area (Å²) in [6, 6.07) is 11.7. The van der Waals surface area contributed by atoms with Crippen LogP contribution in [0.25, 0.3) is 10.8 Å². The topological polar surface area (TPSA) is 42.0 Å². The molecule has 4 heteroatoms. The van der Waals surface area contributed by atoms with Crippen LogP contribution in [0.5, 0.6) is 0 Å². The van der Waals surface area contributed by atoms with Crippen LogP contribution < -0.4 is 5.32 Å². The van der Waals surface area contributed by atoms with Gasteiger partial charge < -0.3 is 5.32 Å². The first-order valence-electron chi connectivity index (χ1n) is 8.30. The van der Waals surface area contributed by atoms with E-state index in [1.807, 2.05) is 39.0 Å². The van der Waals surface area contributed by atoms with Crippen molar-refractivity contribution in [1.29, 1.82) is 0 Å². The Bertz CT molecular complexity index is 1030. The summed E-state index contributed by atoms with van der Waals surface area (Å²) in [5.41, 5.74) is 0.976. The van der Waals surface area contributed by atoms with E-state index < -0.39 is 11.7 Å². The van der Waals surface area contributed by atoms with Gasteiger partial charge >= 0.3 is 0 Å². The Morgan fingerprint density at radius 2 is 1.96 bits per heavy atom. The molecule has 1 N–H and O–H groups in total. The summed E-state index contributed by atoms with van der Waals surface area (Å²) in [5, 5.41) is 4.53. The van der Waals surface area contributed by atoms with Crippen molar-refractivity contribution in [3.8, 4) is 11.8 Å². The second-order valence-corrected chi connectivity index (χ2v) is 7.05. The van der Waals surface area contributed by atoms with Crippen molar-refractivity contribution < 1.29 is 9.18 Å². The Morgan fingerprint density at radius 3 is 2.69 bits per heavy atom. The zero-order chi connectivity index (χ0) is 18.7. The van der Waals surface area contributed by atoms with E-state index >= 15 is 0 Å². The minimum atomic E-state index is -0.592. The molecule has 0 aliphatic carbocycles. The molecule has 0 unspecified atom stereocenters. The van der Waals surface area contributed by atoms with Gasteiger partial charge in [0.25, 0.3) is 5.91 Å². The number of anilines is 1. The number of hydrogen-bond acceptors (Lipinski definition) is 2. The lowest BCUT2D eigenvalue weighted by molar-refractivity contribution is 0.102. The van der Waals surface area contributed by atoms with Crippen LogP contribution in [0.3, 0.4) is 0 Å². The molecule has 0 atom stereocenters. The molecule has 0 bridgehead atoms. The molecule has 3 nitrogen and oxygen atoms in total. The highest BCUT2D eigenvalue weighted by Crippen LogP contribution is 2.23. The zero-order valence-corrected chi connectivity index (χ0v) is 14.9. The van der Waals surface area contributed by atoms with Gasteiger partial charge in [0.1, 0.15) is 5.82 Å². The molecule has 130 valence electrons. The standard InChI is InChI=1S/C22H19FN2O/c1-22(2,3)11-9-15-7-8-18(19(23)13-15)21(26)25-20-6-4-5-16-14-24-12-10-17(16)20/h4-8,10,12-14H,1-3H3,(H,25,26). The van der Waals surface area contributed by atoms with Crippen LogP contribution in [0, 0.1) is 23.1 Å². The van der Waals surface area contributed by atoms with E-state index in [1.54, 1.807) is 24.5 Å². The lowest BCUT2D eigenvalue weighted by Gasteiger charge is -2.09. The number of nitrogens with one attached hydrogen (secondary N) is 1. The van der Waals surface area contributed by atoms with Crippen LogP contribution in [-0.4, -0.2) is 10.9 Å². The molecule has 0 aliphatic heterocycles. The fourth-order valence-electron chi connectivity index (χ4n) is 2.46. The highest BCUT2D eigenvalue weighted by Gasteiger charge is 2.13. The van der Waals surface area contributed by atoms with Gasteiger partial charge in [-0.2, -0.15) is 0 Å². The molecule has 0 aliphatic rings. The molecule has 1 amide bonds. The molecule has 0 saturated heterocycles. The number of benzene rings is 2. The third kappa shape index (κ3) is 4.07. The molecule has 3 aromatic rings. The van der Waals surface area contributed by atoms with E-state index in [4.69, 9.17) is 0 Å². The van der Waals surface area contributed by atoms with Crippen LogP contribution in [0.1, 0.15) is 36.7 Å². The summed E-state index contributed by atoms with van der Waals surface area (Å²) < 4.78 is 14.4. The molecule has 0 radical (unpaired) electrons. The average Bonchev–Trinajstić information content (AvgIpc) is 2.59. The number of carbonyl (C=O) groups is 1. The van der Waals surface area contributed by atoms with Crippen LogP contribution in [0.2, 0.25) is 0 Å². The van der Waals surface area contributed by atoms with E-state index in [2.05, 4.69) is 22.1 Å². The van der Waals surface area contributed by atoms with Crippen molar-refractivity contribution in [1.82, 2.24) is 4.98 Å². The molecule has 0 spiro atoms. The largest absolute Gasteiger partial charge is 0.321 e. The summed E-state index contributed by atoms with van der Waals surface area (Å²) in [7, 11) is 0. The number of fused-ring (bicyclic) bond motifs is 1. The minimum absolute atomic E-state index is 0.0163. The third-order valence-corrected chi connectivity index (χ3v) is 3.72. The molecule has 1 aromatic heterocycles. The summed E-state index contributed by atoms with van der Waals surface area (Å²) in [6.07, 6.45) is 3.37. The average molecular weight is 346 g/mol. The maximum Gasteiger partial charge on any atom is 0.258 e. The summed E-state index contributed by atoms with van der Waals surface area (Å²) in [4.78, 5) is 16.6. The summed E-state index contributed by atoms with van der Waals surface area (Å²) >= 11 is 0. The number of amides is 1. The van der Waals surface area contributed by atoms with Crippen molar-refractivity contribution >= 4 is 22.4 Å². The van der Waals surface area contributed by atoms with E-state index in [0.717, 1.165) is 10.8 Å². The first-order chi connectivity index (χ1) is 12.3. The van der Waals surface area contributed by atoms with Gasteiger partial charge in [-0.05, 0) is 51.1 Å². The Morgan fingerprint density at radius 1 is 1.15 bits per heavy atom. The second-order valence-electron chi connectivity index (χ2n) is 7.05. The van der Waals surface area contributed by atoms with Crippen molar-refractivity contribution in [3.63, 3.8) is 0 Å². The lowest BCUT2D eigenvalue weighted by Crippen LogP contribution is -2.14. The van der Waals surface area contributed by atoms with Crippen molar-refractivity contribution in [3.05, 3.63) is 71.8 Å². The van der Waals surface area contributed by atoms with E-state index in [1.165, 1.54) is 12.1 Å². The Balaban J connectivity index is 1.87. The number of hydrogen-bond donors (Lipinski definition) is 1. The normalized spacial score (nSPS) is 10.9. The molecule has 0 saturated carbocycles. The fraction of sp³-hybridized carbons (Fsp3) is 0.182. The van der Waals surface area contributed by atoms with Gasteiger partial charge in [-0.3, -0.25) is 9.78 Å². The number of carbonyl (C=O) groups excluding carboxylic acids is 1. The number of aromatic nitrogens is 1. The van der Waals surface area contributed by atoms with Gasteiger partial charge in [0.05, 0.1) is 5.56 Å². The van der Waals surface area contributed by atoms with E-state index in [-0.39, 0.29) is 11.0 Å². The number of halogens is 1. The highest BCUT2D eigenvalue weighted by molar-refractivity contribution is 6.09. The van der Waals surface area contributed by atoms with Crippen LogP contribution in [0.4, 0.5) is 10.1 Å². The monoisotopic (exact) mass is 346 g/mol. The Labute approximate surface area is 152 Å². The maximum absolute atomic E-state index is 14.4. The van der Waals surface area contributed by atoms with Crippen molar-refractivity contribution in [2.45, 2.75) is 20.8 Å². The lowest BCUT2D eigenvalue weighted by atomic mass is 9.97. The van der Waals surface area contributed by atoms with Crippen LogP contribution in [0.15, 0.2) is 54.9 Å². The number of nitrogens with zero attached hydrogens (tertiary/aromatic N) is 1. The zero-order valence-electron chi connectivity index (χ0n) is 14.9. The third-order valence-electron chi connectivity index (χ3n) is 3.72. The van der Waals surface area contributed by atoms with Crippen molar-refractivity contribution in [2.24, 2.45) is 5.41 Å². The SMILES string of the molecule is CC(C)(C)C#Cc1ccc(C(=O)Nc2cccc3cnccc23)c(F)c1. The van der Waals surface area contributed by atoms with Crippen LogP contribution in [-0.2, 0) is 0 Å². The Hall–Kier alpha value is -3.19. The van der Waals surface area contributed by atoms with Gasteiger partial charge in [-0.15, -0.1) is 0 Å². The van der Waals surface area contributed by atoms with Gasteiger partial charge in [-0.25, -0.2) is 4.39 Å². The van der Waals surface area contributed by atoms with E-state index in [0.29, 0.717) is 11.3 Å². The predicted molar refractivity (Wildman–Crippen MR) is 102 cm³/mol. The Kier molecular flexibility index (Phi) is 4.73. The fourth-order valence-corrected chi connectivity index (χ4v) is 2.46. The molecule has 2 aromatic carbocycles. The van der Waals surface area contributed by atoms with Gasteiger partial charge in [0.15, 0.2) is 0 Å². The first-order valence-corrected chi connectivity index (χ1v) is 8.30. The molecule has 26 heavy (non-hydrogen) atoms. The molecular weight excluding hydrogens is 327 g/mol. The van der Waals surface area contributed by atoms with Crippen molar-refractivity contribution in [2.75, 3.05) is 5.32 Å². The number of pyridine rings is 1. The van der Waals surface area contributed by atoms with Gasteiger partial charge in [0, 0.05) is 39.8 Å². The molecule has 3 rings (SSSR count). The van der Waals surface area contributed by atoms with Gasteiger partial charge in [-0.1, -0.05) is 24.0 Å². The molecule has 1 heterocycles. The number of rotatable bonds is 2. The second kappa shape index (κ2) is 6.97. The maximum atomic E-state index is 14.4. The predicted octanol–water partition coefficient (Wildman–Crippen LogP) is 5.02. The minimum Gasteiger partial charge on any atom is -0.321 e. The van der Waals surface area contributed by atoms with Crippen LogP contribution >= 0.6 is 0 Å². The molecule has 0 fully saturated rings. The van der Waals surface area contributed by atoms with E-state index in [9.17, 15) is 9.18 Å². The summed E-state index contributed by atoms with van der Waals surface area (Å²) in [6.45, 7) is 5.95. The smallest absolute Gasteiger partial charge is 0.258 e. The quantitative estimate of drug-likeness (QED) is 0.662. The summed E-state index contributed by atoms with van der Waals surface area (Å²) in [5.74, 6) is 4.90. The first kappa shape index (κ1) is 17.6. The molecular formula is C22H19FN2O.